The molecule has 6 nitrogen and oxygen atoms in total. The molecule has 7 heteroatoms. The predicted octanol–water partition coefficient (Wildman–Crippen LogP) is 6.93. The molecule has 0 aliphatic carbocycles. The molecule has 0 aliphatic heterocycles. The van der Waals surface area contributed by atoms with Crippen molar-refractivity contribution >= 4 is 34.4 Å². The quantitative estimate of drug-likeness (QED) is 0.218. The number of nitrogens with two attached hydrogens (primary N) is 1. The molecule has 0 radical (unpaired) electrons. The second-order valence-corrected chi connectivity index (χ2v) is 7.92. The fourth-order valence-corrected chi connectivity index (χ4v) is 4.07. The first-order chi connectivity index (χ1) is 17.3. The first-order valence-electron chi connectivity index (χ1n) is 11.5. The van der Waals surface area contributed by atoms with Crippen LogP contribution in [0.1, 0.15) is 19.5 Å². The maximum absolute atomic E-state index is 5.56. The van der Waals surface area contributed by atoms with E-state index in [-0.39, 0.29) is 0 Å². The van der Waals surface area contributed by atoms with Crippen molar-refractivity contribution < 1.29 is 0 Å². The van der Waals surface area contributed by atoms with Gasteiger partial charge < -0.3 is 10.0 Å². The number of hydrogen-bond donors (Lipinski definition) is 3. The summed E-state index contributed by atoms with van der Waals surface area (Å²) in [5.74, 6) is 0.805. The number of fused-ring (bicyclic) bond motifs is 1. The highest BCUT2D eigenvalue weighted by molar-refractivity contribution is 7.98. The summed E-state index contributed by atoms with van der Waals surface area (Å²) < 4.78 is 3.03. The Morgan fingerprint density at radius 3 is 2.46 bits per heavy atom. The lowest BCUT2D eigenvalue weighted by molar-refractivity contribution is 1.03. The molecule has 0 amide bonds. The van der Waals surface area contributed by atoms with E-state index in [1.165, 1.54) is 0 Å². The number of rotatable bonds is 7. The van der Waals surface area contributed by atoms with Crippen molar-refractivity contribution in [3.8, 4) is 22.4 Å². The first-order valence-corrected chi connectivity index (χ1v) is 12.4. The molecule has 35 heavy (non-hydrogen) atoms. The lowest BCUT2D eigenvalue weighted by atomic mass is 9.97. The van der Waals surface area contributed by atoms with Crippen molar-refractivity contribution in [1.29, 1.82) is 0 Å². The molecule has 176 valence electrons. The van der Waals surface area contributed by atoms with Gasteiger partial charge in [0, 0.05) is 35.5 Å². The molecule has 0 unspecified atom stereocenters. The van der Waals surface area contributed by atoms with Crippen LogP contribution in [0.5, 0.6) is 0 Å². The molecule has 0 spiro atoms. The lowest BCUT2D eigenvalue weighted by Gasteiger charge is -2.15. The Kier molecular flexibility index (Phi) is 8.27. The molecule has 0 aliphatic rings. The molecule has 4 N–H and O–H groups in total. The van der Waals surface area contributed by atoms with Crippen LogP contribution in [-0.2, 0) is 6.54 Å². The van der Waals surface area contributed by atoms with Gasteiger partial charge in [0.2, 0.25) is 0 Å². The SMILES string of the molecule is CC.NSNc1cncc(-c2cc3cccc(-c4ccccc4)c3c(NCc3ccccn3)n2)c1. The zero-order chi connectivity index (χ0) is 24.5. The van der Waals surface area contributed by atoms with E-state index in [4.69, 9.17) is 10.1 Å². The van der Waals surface area contributed by atoms with Gasteiger partial charge in [-0.05, 0) is 40.8 Å². The maximum atomic E-state index is 5.56. The van der Waals surface area contributed by atoms with Crippen molar-refractivity contribution in [2.45, 2.75) is 20.4 Å². The Hall–Kier alpha value is -3.94. The fraction of sp³-hybridized carbons (Fsp3) is 0.107. The molecule has 3 heterocycles. The summed E-state index contributed by atoms with van der Waals surface area (Å²) in [5, 5.41) is 11.3. The molecule has 5 rings (SSSR count). The van der Waals surface area contributed by atoms with Gasteiger partial charge in [-0.25, -0.2) is 4.98 Å². The third kappa shape index (κ3) is 5.77. The summed E-state index contributed by atoms with van der Waals surface area (Å²) in [6, 6.07) is 26.7. The molecule has 0 saturated heterocycles. The monoisotopic (exact) mass is 480 g/mol. The average Bonchev–Trinajstić information content (AvgIpc) is 2.94. The van der Waals surface area contributed by atoms with Crippen LogP contribution >= 0.6 is 12.1 Å². The average molecular weight is 481 g/mol. The molecule has 0 atom stereocenters. The number of aromatic nitrogens is 3. The van der Waals surface area contributed by atoms with E-state index in [0.29, 0.717) is 6.54 Å². The molecule has 0 saturated carbocycles. The number of anilines is 2. The standard InChI is InChI=1S/C26H22N6S.C2H6/c27-33-32-22-13-20(15-28-16-22)24-14-19-9-6-11-23(18-7-2-1-3-8-18)25(19)26(31-24)30-17-21-10-4-5-12-29-21;1-2/h1-16,32H,17,27H2,(H,30,31);1-2H3. The van der Waals surface area contributed by atoms with E-state index in [9.17, 15) is 0 Å². The smallest absolute Gasteiger partial charge is 0.135 e. The van der Waals surface area contributed by atoms with Gasteiger partial charge in [0.05, 0.1) is 29.8 Å². The normalized spacial score (nSPS) is 10.4. The lowest BCUT2D eigenvalue weighted by Crippen LogP contribution is -2.05. The zero-order valence-electron chi connectivity index (χ0n) is 19.8. The number of nitrogens with zero attached hydrogens (tertiary/aromatic N) is 3. The Morgan fingerprint density at radius 1 is 0.857 bits per heavy atom. The number of hydrogen-bond acceptors (Lipinski definition) is 7. The van der Waals surface area contributed by atoms with E-state index in [1.807, 2.05) is 50.4 Å². The van der Waals surface area contributed by atoms with Crippen LogP contribution in [0.4, 0.5) is 11.5 Å². The minimum Gasteiger partial charge on any atom is -0.364 e. The van der Waals surface area contributed by atoms with Crippen LogP contribution in [0.2, 0.25) is 0 Å². The highest BCUT2D eigenvalue weighted by Gasteiger charge is 2.13. The van der Waals surface area contributed by atoms with Crippen molar-refractivity contribution in [2.75, 3.05) is 10.0 Å². The van der Waals surface area contributed by atoms with Crippen LogP contribution in [0.25, 0.3) is 33.2 Å². The summed E-state index contributed by atoms with van der Waals surface area (Å²) in [6.45, 7) is 4.57. The largest absolute Gasteiger partial charge is 0.364 e. The van der Waals surface area contributed by atoms with Gasteiger partial charge in [-0.3, -0.25) is 15.1 Å². The fourth-order valence-electron chi connectivity index (χ4n) is 3.83. The summed E-state index contributed by atoms with van der Waals surface area (Å²) in [4.78, 5) is 13.8. The summed E-state index contributed by atoms with van der Waals surface area (Å²) in [7, 11) is 0. The third-order valence-electron chi connectivity index (χ3n) is 5.32. The topological polar surface area (TPSA) is 88.8 Å². The van der Waals surface area contributed by atoms with E-state index >= 15 is 0 Å². The molecular weight excluding hydrogens is 452 g/mol. The van der Waals surface area contributed by atoms with Crippen molar-refractivity contribution in [3.05, 3.63) is 103 Å². The van der Waals surface area contributed by atoms with Gasteiger partial charge >= 0.3 is 0 Å². The Balaban J connectivity index is 0.00000141. The molecule has 3 aromatic heterocycles. The van der Waals surface area contributed by atoms with E-state index in [2.05, 4.69) is 68.5 Å². The molecule has 0 bridgehead atoms. The van der Waals surface area contributed by atoms with E-state index in [0.717, 1.165) is 62.5 Å². The summed E-state index contributed by atoms with van der Waals surface area (Å²) >= 11 is 1.04. The molecule has 5 aromatic rings. The highest BCUT2D eigenvalue weighted by Crippen LogP contribution is 2.36. The number of benzene rings is 2. The van der Waals surface area contributed by atoms with E-state index in [1.54, 1.807) is 12.4 Å². The maximum Gasteiger partial charge on any atom is 0.135 e. The van der Waals surface area contributed by atoms with Gasteiger partial charge in [-0.2, -0.15) is 0 Å². The highest BCUT2D eigenvalue weighted by atomic mass is 32.2. The zero-order valence-corrected chi connectivity index (χ0v) is 20.6. The second kappa shape index (κ2) is 12.0. The third-order valence-corrected chi connectivity index (χ3v) is 5.67. The van der Waals surface area contributed by atoms with Crippen LogP contribution in [0.15, 0.2) is 97.5 Å². The minimum absolute atomic E-state index is 0.569. The number of pyridine rings is 3. The van der Waals surface area contributed by atoms with Crippen molar-refractivity contribution in [3.63, 3.8) is 0 Å². The Bertz CT molecular complexity index is 1380. The minimum atomic E-state index is 0.569. The van der Waals surface area contributed by atoms with Crippen molar-refractivity contribution in [1.82, 2.24) is 15.0 Å². The molecule has 0 fully saturated rings. The predicted molar refractivity (Wildman–Crippen MR) is 149 cm³/mol. The van der Waals surface area contributed by atoms with Gasteiger partial charge in [0.15, 0.2) is 0 Å². The van der Waals surface area contributed by atoms with E-state index < -0.39 is 0 Å². The summed E-state index contributed by atoms with van der Waals surface area (Å²) in [6.07, 6.45) is 5.34. The van der Waals surface area contributed by atoms with Crippen LogP contribution in [0.3, 0.4) is 0 Å². The Labute approximate surface area is 210 Å². The molecular formula is C28H28N6S. The van der Waals surface area contributed by atoms with Crippen LogP contribution < -0.4 is 15.2 Å². The summed E-state index contributed by atoms with van der Waals surface area (Å²) in [5.41, 5.74) is 5.78. The van der Waals surface area contributed by atoms with Gasteiger partial charge in [0.1, 0.15) is 5.82 Å². The van der Waals surface area contributed by atoms with Gasteiger partial charge in [0.25, 0.3) is 0 Å². The Morgan fingerprint density at radius 2 is 1.69 bits per heavy atom. The second-order valence-electron chi connectivity index (χ2n) is 7.48. The van der Waals surface area contributed by atoms with Crippen molar-refractivity contribution in [2.24, 2.45) is 5.14 Å². The first kappa shape index (κ1) is 24.2. The van der Waals surface area contributed by atoms with Crippen LogP contribution in [0, 0.1) is 0 Å². The van der Waals surface area contributed by atoms with Gasteiger partial charge in [-0.15, -0.1) is 0 Å². The molecule has 2 aromatic carbocycles. The number of nitrogens with one attached hydrogen (secondary N) is 2. The van der Waals surface area contributed by atoms with Gasteiger partial charge in [-0.1, -0.05) is 68.4 Å². The van der Waals surface area contributed by atoms with Crippen LogP contribution in [-0.4, -0.2) is 15.0 Å².